The topological polar surface area (TPSA) is 43.6 Å². The third-order valence-electron chi connectivity index (χ3n) is 9.31. The zero-order valence-electron chi connectivity index (χ0n) is 24.8. The Morgan fingerprint density at radius 1 is 0.600 bits per heavy atom. The van der Waals surface area contributed by atoms with E-state index in [2.05, 4.69) is 150 Å². The minimum absolute atomic E-state index is 0.292. The van der Waals surface area contributed by atoms with Gasteiger partial charge in [-0.3, -0.25) is 4.98 Å². The van der Waals surface area contributed by atoms with Gasteiger partial charge in [0.1, 0.15) is 0 Å². The predicted molar refractivity (Wildman–Crippen MR) is 188 cm³/mol. The largest absolute Gasteiger partial charge is 0.309 e. The normalized spacial score (nSPS) is 13.4. The van der Waals surface area contributed by atoms with Gasteiger partial charge >= 0.3 is 0 Å². The molecule has 0 unspecified atom stereocenters. The van der Waals surface area contributed by atoms with E-state index in [-0.39, 0.29) is 5.41 Å². The highest BCUT2D eigenvalue weighted by Crippen LogP contribution is 2.52. The molecule has 0 spiro atoms. The Hall–Kier alpha value is -5.13. The van der Waals surface area contributed by atoms with E-state index in [9.17, 15) is 0 Å². The molecule has 0 saturated carbocycles. The molecule has 0 bridgehead atoms. The molecule has 1 aliphatic rings. The highest BCUT2D eigenvalue weighted by Gasteiger charge is 2.40. The lowest BCUT2D eigenvalue weighted by atomic mass is 9.80. The van der Waals surface area contributed by atoms with E-state index in [0.717, 1.165) is 60.2 Å². The Morgan fingerprint density at radius 3 is 2.16 bits per heavy atom. The van der Waals surface area contributed by atoms with Gasteiger partial charge in [0.05, 0.1) is 27.9 Å². The Balaban J connectivity index is 1.43. The molecule has 0 radical (unpaired) electrons. The maximum absolute atomic E-state index is 5.51. The molecule has 3 aromatic heterocycles. The number of halogens is 1. The van der Waals surface area contributed by atoms with Crippen LogP contribution in [0.5, 0.6) is 0 Å². The molecule has 8 aromatic rings. The van der Waals surface area contributed by atoms with Crippen LogP contribution < -0.4 is 0 Å². The molecule has 4 nitrogen and oxygen atoms in total. The van der Waals surface area contributed by atoms with Gasteiger partial charge in [-0.15, -0.1) is 0 Å². The number of hydrogen-bond acceptors (Lipinski definition) is 3. The molecule has 0 fully saturated rings. The van der Waals surface area contributed by atoms with Crippen LogP contribution in [0.3, 0.4) is 0 Å². The average molecular weight is 644 g/mol. The first-order chi connectivity index (χ1) is 22.0. The number of benzene rings is 5. The van der Waals surface area contributed by atoms with Crippen LogP contribution in [-0.4, -0.2) is 19.5 Å². The SMILES string of the molecule is CC1(C)c2ccccc2-c2nc(-c3ccc(Br)c4cccnc34)nc(-c3cccc4c3c3ccccc3n4-c3ccccc3)c21. The fraction of sp³-hybridized carbons (Fsp3) is 0.0750. The van der Waals surface area contributed by atoms with Gasteiger partial charge in [0.25, 0.3) is 0 Å². The first kappa shape index (κ1) is 26.3. The molecule has 0 saturated heterocycles. The van der Waals surface area contributed by atoms with Crippen LogP contribution in [-0.2, 0) is 5.41 Å². The van der Waals surface area contributed by atoms with E-state index >= 15 is 0 Å². The van der Waals surface area contributed by atoms with Crippen molar-refractivity contribution in [2.45, 2.75) is 19.3 Å². The number of pyridine rings is 1. The summed E-state index contributed by atoms with van der Waals surface area (Å²) >= 11 is 3.73. The van der Waals surface area contributed by atoms with Gasteiger partial charge in [-0.25, -0.2) is 9.97 Å². The van der Waals surface area contributed by atoms with Crippen molar-refractivity contribution in [2.75, 3.05) is 0 Å². The van der Waals surface area contributed by atoms with E-state index in [4.69, 9.17) is 15.0 Å². The molecule has 0 atom stereocenters. The Morgan fingerprint density at radius 2 is 1.29 bits per heavy atom. The Bertz CT molecular complexity index is 2480. The van der Waals surface area contributed by atoms with Crippen molar-refractivity contribution in [2.24, 2.45) is 0 Å². The first-order valence-corrected chi connectivity index (χ1v) is 16.0. The average Bonchev–Trinajstić information content (AvgIpc) is 3.54. The maximum Gasteiger partial charge on any atom is 0.162 e. The van der Waals surface area contributed by atoms with Crippen LogP contribution in [0.1, 0.15) is 25.0 Å². The van der Waals surface area contributed by atoms with Crippen molar-refractivity contribution in [1.82, 2.24) is 19.5 Å². The molecule has 1 aliphatic carbocycles. The number of para-hydroxylation sites is 2. The number of hydrogen-bond donors (Lipinski definition) is 0. The van der Waals surface area contributed by atoms with Gasteiger partial charge in [-0.2, -0.15) is 0 Å². The molecule has 0 amide bonds. The van der Waals surface area contributed by atoms with Gasteiger partial charge in [0.15, 0.2) is 5.82 Å². The lowest BCUT2D eigenvalue weighted by molar-refractivity contribution is 0.658. The third kappa shape index (κ3) is 3.74. The summed E-state index contributed by atoms with van der Waals surface area (Å²) in [6.45, 7) is 4.60. The van der Waals surface area contributed by atoms with Crippen LogP contribution in [0.4, 0.5) is 0 Å². The van der Waals surface area contributed by atoms with E-state index in [1.807, 2.05) is 12.3 Å². The molecule has 3 heterocycles. The molecular formula is C40H27BrN4. The number of aromatic nitrogens is 4. The van der Waals surface area contributed by atoms with Crippen LogP contribution in [0.15, 0.2) is 132 Å². The molecule has 0 N–H and O–H groups in total. The van der Waals surface area contributed by atoms with Crippen LogP contribution in [0, 0.1) is 0 Å². The zero-order chi connectivity index (χ0) is 30.3. The second kappa shape index (κ2) is 9.68. The van der Waals surface area contributed by atoms with E-state index in [1.165, 1.54) is 21.9 Å². The van der Waals surface area contributed by atoms with Crippen molar-refractivity contribution in [3.63, 3.8) is 0 Å². The summed E-state index contributed by atoms with van der Waals surface area (Å²) in [6, 6.07) is 42.8. The van der Waals surface area contributed by atoms with Gasteiger partial charge in [-0.05, 0) is 48.0 Å². The molecule has 214 valence electrons. The van der Waals surface area contributed by atoms with Crippen molar-refractivity contribution in [3.05, 3.63) is 143 Å². The van der Waals surface area contributed by atoms with Crippen molar-refractivity contribution in [1.29, 1.82) is 0 Å². The highest BCUT2D eigenvalue weighted by atomic mass is 79.9. The molecule has 9 rings (SSSR count). The van der Waals surface area contributed by atoms with Crippen molar-refractivity contribution in [3.8, 4) is 39.6 Å². The number of fused-ring (bicyclic) bond motifs is 7. The molecular weight excluding hydrogens is 616 g/mol. The van der Waals surface area contributed by atoms with Crippen molar-refractivity contribution >= 4 is 48.6 Å². The Kier molecular flexibility index (Phi) is 5.66. The van der Waals surface area contributed by atoms with E-state index in [0.29, 0.717) is 5.82 Å². The minimum Gasteiger partial charge on any atom is -0.309 e. The number of rotatable bonds is 3. The summed E-state index contributed by atoms with van der Waals surface area (Å²) in [7, 11) is 0. The maximum atomic E-state index is 5.51. The summed E-state index contributed by atoms with van der Waals surface area (Å²) in [5.41, 5.74) is 11.6. The summed E-state index contributed by atoms with van der Waals surface area (Å²) in [6.07, 6.45) is 1.84. The summed E-state index contributed by atoms with van der Waals surface area (Å²) in [4.78, 5) is 15.7. The van der Waals surface area contributed by atoms with E-state index in [1.54, 1.807) is 0 Å². The van der Waals surface area contributed by atoms with Gasteiger partial charge < -0.3 is 4.57 Å². The highest BCUT2D eigenvalue weighted by molar-refractivity contribution is 9.10. The second-order valence-electron chi connectivity index (χ2n) is 12.2. The van der Waals surface area contributed by atoms with Gasteiger partial charge in [0, 0.05) is 60.2 Å². The van der Waals surface area contributed by atoms with Gasteiger partial charge in [-0.1, -0.05) is 109 Å². The van der Waals surface area contributed by atoms with Gasteiger partial charge in [0.2, 0.25) is 0 Å². The van der Waals surface area contributed by atoms with Crippen LogP contribution in [0.2, 0.25) is 0 Å². The Labute approximate surface area is 269 Å². The quantitative estimate of drug-likeness (QED) is 0.192. The summed E-state index contributed by atoms with van der Waals surface area (Å²) < 4.78 is 3.36. The predicted octanol–water partition coefficient (Wildman–Crippen LogP) is 10.5. The molecule has 0 aliphatic heterocycles. The summed E-state index contributed by atoms with van der Waals surface area (Å²) in [5.74, 6) is 0.677. The third-order valence-corrected chi connectivity index (χ3v) is 10.0. The smallest absolute Gasteiger partial charge is 0.162 e. The van der Waals surface area contributed by atoms with Crippen molar-refractivity contribution < 1.29 is 0 Å². The molecule has 45 heavy (non-hydrogen) atoms. The summed E-state index contributed by atoms with van der Waals surface area (Å²) in [5, 5.41) is 3.42. The molecule has 5 heteroatoms. The molecule has 5 aromatic carbocycles. The monoisotopic (exact) mass is 642 g/mol. The standard InChI is InChI=1S/C40H27BrN4/c1-40(2)30-18-8-6-14-25(30)37-35(40)38(44-39(43-37)29-21-22-31(41)26-17-11-23-42-36(26)29)28-16-10-20-33-34(28)27-15-7-9-19-32(27)45(33)24-12-4-3-5-13-24/h3-23H,1-2H3. The second-order valence-corrected chi connectivity index (χ2v) is 13.0. The van der Waals surface area contributed by atoms with Crippen LogP contribution >= 0.6 is 15.9 Å². The lowest BCUT2D eigenvalue weighted by Gasteiger charge is -2.24. The van der Waals surface area contributed by atoms with E-state index < -0.39 is 0 Å². The number of nitrogens with zero attached hydrogens (tertiary/aromatic N) is 4. The zero-order valence-corrected chi connectivity index (χ0v) is 26.4. The lowest BCUT2D eigenvalue weighted by Crippen LogP contribution is -2.17. The minimum atomic E-state index is -0.292. The van der Waals surface area contributed by atoms with Crippen LogP contribution in [0.25, 0.3) is 72.3 Å². The fourth-order valence-electron chi connectivity index (χ4n) is 7.32. The fourth-order valence-corrected chi connectivity index (χ4v) is 7.77. The first-order valence-electron chi connectivity index (χ1n) is 15.2.